The van der Waals surface area contributed by atoms with Gasteiger partial charge in [0.05, 0.1) is 17.4 Å². The molecule has 5 aromatic rings. The molecule has 144 valence electrons. The number of nitrogens with one attached hydrogen (secondary N) is 1. The molecule has 0 aliphatic carbocycles. The van der Waals surface area contributed by atoms with Gasteiger partial charge in [0.1, 0.15) is 18.4 Å². The van der Waals surface area contributed by atoms with Gasteiger partial charge in [0.25, 0.3) is 0 Å². The predicted molar refractivity (Wildman–Crippen MR) is 102 cm³/mol. The number of fused-ring (bicyclic) bond motifs is 2. The molecular formula is C18H15N9O2. The van der Waals surface area contributed by atoms with Gasteiger partial charge in [0, 0.05) is 12.8 Å². The molecule has 0 atom stereocenters. The molecule has 0 aliphatic rings. The Morgan fingerprint density at radius 1 is 1.14 bits per heavy atom. The number of ketones is 1. The first kappa shape index (κ1) is 17.0. The van der Waals surface area contributed by atoms with E-state index < -0.39 is 0 Å². The average molecular weight is 389 g/mol. The van der Waals surface area contributed by atoms with E-state index in [0.717, 1.165) is 11.0 Å². The number of rotatable bonds is 6. The molecule has 11 heteroatoms. The molecule has 3 N–H and O–H groups in total. The number of aromatic amines is 1. The zero-order valence-electron chi connectivity index (χ0n) is 15.1. The maximum Gasteiger partial charge on any atom is 0.236 e. The number of anilines is 1. The molecule has 0 amide bonds. The van der Waals surface area contributed by atoms with Gasteiger partial charge < -0.3 is 19.7 Å². The number of para-hydroxylation sites is 2. The van der Waals surface area contributed by atoms with Crippen molar-refractivity contribution in [3.05, 3.63) is 54.5 Å². The lowest BCUT2D eigenvalue weighted by Gasteiger charge is -1.99. The number of carbonyl (C=O) groups excluding carboxylic acids is 1. The molecule has 0 bridgehead atoms. The number of benzene rings is 1. The topological polar surface area (TPSA) is 154 Å². The van der Waals surface area contributed by atoms with Crippen LogP contribution in [0.3, 0.4) is 0 Å². The SMILES string of the molecule is Nc1ncnc2c1ncn2Cc1nnc(CCC(=O)c2nc3ccccc3[nH]2)o1. The maximum atomic E-state index is 12.4. The monoisotopic (exact) mass is 389 g/mol. The first-order chi connectivity index (χ1) is 14.2. The number of Topliss-reactive ketones (excluding diaryl/α,β-unsaturated/α-hetero) is 1. The fourth-order valence-electron chi connectivity index (χ4n) is 3.04. The van der Waals surface area contributed by atoms with E-state index in [-0.39, 0.29) is 18.7 Å². The number of carbonyl (C=O) groups is 1. The van der Waals surface area contributed by atoms with E-state index in [4.69, 9.17) is 10.2 Å². The number of hydrogen-bond donors (Lipinski definition) is 2. The van der Waals surface area contributed by atoms with Gasteiger partial charge in [-0.1, -0.05) is 12.1 Å². The summed E-state index contributed by atoms with van der Waals surface area (Å²) in [6.07, 6.45) is 3.49. The number of hydrogen-bond acceptors (Lipinski definition) is 9. The Bertz CT molecular complexity index is 1300. The van der Waals surface area contributed by atoms with Crippen LogP contribution >= 0.6 is 0 Å². The highest BCUT2D eigenvalue weighted by Gasteiger charge is 2.15. The third kappa shape index (κ3) is 3.18. The van der Waals surface area contributed by atoms with Crippen molar-refractivity contribution >= 4 is 33.8 Å². The van der Waals surface area contributed by atoms with Crippen molar-refractivity contribution in [2.24, 2.45) is 0 Å². The molecular weight excluding hydrogens is 374 g/mol. The second-order valence-corrected chi connectivity index (χ2v) is 6.42. The molecule has 0 radical (unpaired) electrons. The highest BCUT2D eigenvalue weighted by molar-refractivity contribution is 5.95. The van der Waals surface area contributed by atoms with Gasteiger partial charge in [0.15, 0.2) is 23.1 Å². The zero-order chi connectivity index (χ0) is 19.8. The van der Waals surface area contributed by atoms with Crippen LogP contribution in [0.1, 0.15) is 28.8 Å². The van der Waals surface area contributed by atoms with E-state index in [1.807, 2.05) is 24.3 Å². The number of nitrogen functional groups attached to an aromatic ring is 1. The summed E-state index contributed by atoms with van der Waals surface area (Å²) >= 11 is 0. The van der Waals surface area contributed by atoms with Crippen LogP contribution in [0.25, 0.3) is 22.2 Å². The number of nitrogens with zero attached hydrogens (tertiary/aromatic N) is 7. The van der Waals surface area contributed by atoms with E-state index >= 15 is 0 Å². The predicted octanol–water partition coefficient (Wildman–Crippen LogP) is 1.53. The molecule has 0 saturated heterocycles. The summed E-state index contributed by atoms with van der Waals surface area (Å²) in [5.74, 6) is 1.28. The summed E-state index contributed by atoms with van der Waals surface area (Å²) in [7, 11) is 0. The third-order valence-electron chi connectivity index (χ3n) is 4.46. The number of aryl methyl sites for hydroxylation is 1. The lowest BCUT2D eigenvalue weighted by Crippen LogP contribution is -2.03. The number of imidazole rings is 2. The molecule has 5 rings (SSSR count). The Morgan fingerprint density at radius 2 is 2.00 bits per heavy atom. The van der Waals surface area contributed by atoms with Crippen LogP contribution in [0.2, 0.25) is 0 Å². The Morgan fingerprint density at radius 3 is 2.90 bits per heavy atom. The van der Waals surface area contributed by atoms with Crippen molar-refractivity contribution in [3.8, 4) is 0 Å². The van der Waals surface area contributed by atoms with E-state index in [2.05, 4.69) is 35.1 Å². The van der Waals surface area contributed by atoms with Crippen molar-refractivity contribution in [1.29, 1.82) is 0 Å². The van der Waals surface area contributed by atoms with Gasteiger partial charge in [-0.25, -0.2) is 19.9 Å². The Balaban J connectivity index is 1.26. The lowest BCUT2D eigenvalue weighted by molar-refractivity contribution is 0.0971. The van der Waals surface area contributed by atoms with Crippen LogP contribution in [-0.2, 0) is 13.0 Å². The summed E-state index contributed by atoms with van der Waals surface area (Å²) in [6, 6.07) is 7.49. The van der Waals surface area contributed by atoms with Crippen LogP contribution in [0.5, 0.6) is 0 Å². The summed E-state index contributed by atoms with van der Waals surface area (Å²) < 4.78 is 7.39. The molecule has 4 aromatic heterocycles. The fraction of sp³-hybridized carbons (Fsp3) is 0.167. The molecule has 29 heavy (non-hydrogen) atoms. The minimum absolute atomic E-state index is 0.117. The first-order valence-electron chi connectivity index (χ1n) is 8.88. The van der Waals surface area contributed by atoms with Crippen molar-refractivity contribution in [1.82, 2.24) is 39.7 Å². The second-order valence-electron chi connectivity index (χ2n) is 6.42. The molecule has 0 unspecified atom stereocenters. The summed E-state index contributed by atoms with van der Waals surface area (Å²) in [5.41, 5.74) is 8.47. The lowest BCUT2D eigenvalue weighted by atomic mass is 10.2. The molecule has 1 aromatic carbocycles. The Labute approximate surface area is 163 Å². The number of nitrogens with two attached hydrogens (primary N) is 1. The number of H-pyrrole nitrogens is 1. The standard InChI is InChI=1S/C18H15N9O2/c19-16-15-18(21-8-20-16)27(9-22-15)7-14-26-25-13(29-14)6-5-12(28)17-23-10-3-1-2-4-11(10)24-17/h1-4,8-9H,5-7H2,(H,23,24)(H2,19,20,21). The van der Waals surface area contributed by atoms with Crippen molar-refractivity contribution in [3.63, 3.8) is 0 Å². The van der Waals surface area contributed by atoms with Crippen molar-refractivity contribution < 1.29 is 9.21 Å². The molecule has 0 spiro atoms. The van der Waals surface area contributed by atoms with Crippen LogP contribution in [0.4, 0.5) is 5.82 Å². The van der Waals surface area contributed by atoms with Gasteiger partial charge in [-0.3, -0.25) is 4.79 Å². The zero-order valence-corrected chi connectivity index (χ0v) is 15.1. The highest BCUT2D eigenvalue weighted by Crippen LogP contribution is 2.16. The van der Waals surface area contributed by atoms with Crippen molar-refractivity contribution in [2.75, 3.05) is 5.73 Å². The summed E-state index contributed by atoms with van der Waals surface area (Å²) in [6.45, 7) is 0.289. The molecule has 0 fully saturated rings. The first-order valence-corrected chi connectivity index (χ1v) is 8.88. The quantitative estimate of drug-likeness (QED) is 0.411. The van der Waals surface area contributed by atoms with Gasteiger partial charge in [-0.05, 0) is 12.1 Å². The van der Waals surface area contributed by atoms with Crippen LogP contribution in [-0.4, -0.2) is 45.5 Å². The Kier molecular flexibility index (Phi) is 3.97. The van der Waals surface area contributed by atoms with Gasteiger partial charge in [-0.2, -0.15) is 0 Å². The smallest absolute Gasteiger partial charge is 0.236 e. The van der Waals surface area contributed by atoms with E-state index in [0.29, 0.717) is 41.0 Å². The maximum absolute atomic E-state index is 12.4. The van der Waals surface area contributed by atoms with Gasteiger partial charge in [-0.15, -0.1) is 10.2 Å². The molecule has 0 saturated carbocycles. The van der Waals surface area contributed by atoms with Gasteiger partial charge in [0.2, 0.25) is 11.8 Å². The van der Waals surface area contributed by atoms with Gasteiger partial charge >= 0.3 is 0 Å². The molecule has 11 nitrogen and oxygen atoms in total. The van der Waals surface area contributed by atoms with E-state index in [1.165, 1.54) is 6.33 Å². The average Bonchev–Trinajstić information content (AvgIpc) is 3.45. The minimum Gasteiger partial charge on any atom is -0.423 e. The molecule has 4 heterocycles. The third-order valence-corrected chi connectivity index (χ3v) is 4.46. The van der Waals surface area contributed by atoms with Crippen LogP contribution in [0, 0.1) is 0 Å². The summed E-state index contributed by atoms with van der Waals surface area (Å²) in [5, 5.41) is 8.04. The summed E-state index contributed by atoms with van der Waals surface area (Å²) in [4.78, 5) is 32.0. The minimum atomic E-state index is -0.117. The fourth-order valence-corrected chi connectivity index (χ4v) is 3.04. The van der Waals surface area contributed by atoms with E-state index in [9.17, 15) is 4.79 Å². The number of aromatic nitrogens is 8. The normalized spacial score (nSPS) is 11.4. The van der Waals surface area contributed by atoms with Crippen LogP contribution in [0.15, 0.2) is 41.3 Å². The van der Waals surface area contributed by atoms with Crippen molar-refractivity contribution in [2.45, 2.75) is 19.4 Å². The van der Waals surface area contributed by atoms with E-state index in [1.54, 1.807) is 10.9 Å². The molecule has 0 aliphatic heterocycles. The Hall–Kier alpha value is -4.15. The van der Waals surface area contributed by atoms with Crippen LogP contribution < -0.4 is 5.73 Å². The largest absolute Gasteiger partial charge is 0.423 e. The second kappa shape index (κ2) is 6.78. The highest BCUT2D eigenvalue weighted by atomic mass is 16.4.